The van der Waals surface area contributed by atoms with Gasteiger partial charge in [0.05, 0.1) is 0 Å². The molecule has 4 N–H and O–H groups in total. The zero-order valence-electron chi connectivity index (χ0n) is 14.2. The van der Waals surface area contributed by atoms with Crippen molar-refractivity contribution in [1.29, 1.82) is 0 Å². The third-order valence-electron chi connectivity index (χ3n) is 4.59. The number of aromatic amines is 2. The van der Waals surface area contributed by atoms with Crippen molar-refractivity contribution in [2.45, 2.75) is 25.3 Å². The van der Waals surface area contributed by atoms with E-state index in [1.54, 1.807) is 6.20 Å². The molecular weight excluding hydrogens is 326 g/mol. The summed E-state index contributed by atoms with van der Waals surface area (Å²) in [5, 5.41) is 15.1. The zero-order chi connectivity index (χ0) is 17.3. The van der Waals surface area contributed by atoms with Crippen LogP contribution in [0.15, 0.2) is 48.8 Å². The normalized spacial score (nSPS) is 13.8. The Kier molecular flexibility index (Phi) is 3.55. The van der Waals surface area contributed by atoms with Crippen molar-refractivity contribution in [3.63, 3.8) is 0 Å². The molecule has 3 heterocycles. The summed E-state index contributed by atoms with van der Waals surface area (Å²) in [6.07, 6.45) is 6.18. The number of fused-ring (bicyclic) bond motifs is 1. The van der Waals surface area contributed by atoms with Crippen molar-refractivity contribution in [3.05, 3.63) is 60.0 Å². The minimum absolute atomic E-state index is 0.585. The number of nitrogens with zero attached hydrogens (tertiary/aromatic N) is 3. The van der Waals surface area contributed by atoms with Crippen LogP contribution in [0.5, 0.6) is 0 Å². The molecule has 4 aromatic rings. The van der Waals surface area contributed by atoms with Gasteiger partial charge >= 0.3 is 0 Å². The maximum atomic E-state index is 4.51. The number of benzene rings is 1. The van der Waals surface area contributed by atoms with E-state index in [2.05, 4.69) is 66.1 Å². The summed E-state index contributed by atoms with van der Waals surface area (Å²) >= 11 is 0. The summed E-state index contributed by atoms with van der Waals surface area (Å²) in [6.45, 7) is 0.665. The van der Waals surface area contributed by atoms with E-state index in [1.165, 1.54) is 29.5 Å². The van der Waals surface area contributed by atoms with E-state index in [4.69, 9.17) is 0 Å². The molecule has 7 heteroatoms. The summed E-state index contributed by atoms with van der Waals surface area (Å²) < 4.78 is 0. The SMILES string of the molecule is c1cc(Nc2cc(C3CC3)[nH]n2)nc(NCc2ccc3[nH]ccc3c2)n1. The Morgan fingerprint density at radius 3 is 2.96 bits per heavy atom. The third kappa shape index (κ3) is 3.11. The molecule has 130 valence electrons. The number of hydrogen-bond donors (Lipinski definition) is 4. The third-order valence-corrected chi connectivity index (χ3v) is 4.59. The van der Waals surface area contributed by atoms with Crippen molar-refractivity contribution < 1.29 is 0 Å². The van der Waals surface area contributed by atoms with Crippen LogP contribution in [0.2, 0.25) is 0 Å². The summed E-state index contributed by atoms with van der Waals surface area (Å²) in [5.74, 6) is 2.74. The Labute approximate surface area is 150 Å². The topological polar surface area (TPSA) is 94.3 Å². The Bertz CT molecular complexity index is 1040. The quantitative estimate of drug-likeness (QED) is 0.425. The van der Waals surface area contributed by atoms with Gasteiger partial charge in [-0.25, -0.2) is 4.98 Å². The fourth-order valence-corrected chi connectivity index (χ4v) is 3.04. The van der Waals surface area contributed by atoms with Crippen LogP contribution in [0.25, 0.3) is 10.9 Å². The summed E-state index contributed by atoms with van der Waals surface area (Å²) in [5.41, 5.74) is 3.52. The Morgan fingerprint density at radius 2 is 2.04 bits per heavy atom. The highest BCUT2D eigenvalue weighted by Gasteiger charge is 2.25. The lowest BCUT2D eigenvalue weighted by Crippen LogP contribution is -2.05. The van der Waals surface area contributed by atoms with Crippen LogP contribution in [0.1, 0.15) is 30.0 Å². The second-order valence-electron chi connectivity index (χ2n) is 6.63. The van der Waals surface area contributed by atoms with Crippen molar-refractivity contribution in [3.8, 4) is 0 Å². The van der Waals surface area contributed by atoms with Crippen molar-refractivity contribution in [1.82, 2.24) is 25.1 Å². The van der Waals surface area contributed by atoms with Crippen molar-refractivity contribution >= 4 is 28.5 Å². The fourth-order valence-electron chi connectivity index (χ4n) is 3.04. The fraction of sp³-hybridized carbons (Fsp3) is 0.211. The van der Waals surface area contributed by atoms with Crippen LogP contribution in [-0.4, -0.2) is 25.1 Å². The highest BCUT2D eigenvalue weighted by molar-refractivity contribution is 5.79. The molecule has 1 fully saturated rings. The molecule has 1 aliphatic carbocycles. The predicted octanol–water partition coefficient (Wildman–Crippen LogP) is 3.91. The number of anilines is 3. The molecule has 0 saturated heterocycles. The molecule has 0 amide bonds. The first-order valence-corrected chi connectivity index (χ1v) is 8.79. The van der Waals surface area contributed by atoms with Crippen LogP contribution in [-0.2, 0) is 6.54 Å². The molecular formula is C19H19N7. The van der Waals surface area contributed by atoms with E-state index in [0.29, 0.717) is 18.4 Å². The van der Waals surface area contributed by atoms with E-state index >= 15 is 0 Å². The highest BCUT2D eigenvalue weighted by Crippen LogP contribution is 2.39. The van der Waals surface area contributed by atoms with Crippen LogP contribution in [0.3, 0.4) is 0 Å². The van der Waals surface area contributed by atoms with E-state index in [-0.39, 0.29) is 0 Å². The minimum Gasteiger partial charge on any atom is -0.361 e. The number of H-pyrrole nitrogens is 2. The predicted molar refractivity (Wildman–Crippen MR) is 102 cm³/mol. The van der Waals surface area contributed by atoms with Gasteiger partial charge in [0.1, 0.15) is 5.82 Å². The smallest absolute Gasteiger partial charge is 0.224 e. The lowest BCUT2D eigenvalue weighted by molar-refractivity contribution is 0.966. The average Bonchev–Trinajstić information content (AvgIpc) is 3.23. The molecule has 0 spiro atoms. The molecule has 26 heavy (non-hydrogen) atoms. The molecule has 1 aromatic carbocycles. The first kappa shape index (κ1) is 14.9. The van der Waals surface area contributed by atoms with Gasteiger partial charge in [-0.15, -0.1) is 0 Å². The van der Waals surface area contributed by atoms with Crippen molar-refractivity contribution in [2.75, 3.05) is 10.6 Å². The van der Waals surface area contributed by atoms with Crippen LogP contribution in [0, 0.1) is 0 Å². The van der Waals surface area contributed by atoms with E-state index in [9.17, 15) is 0 Å². The molecule has 1 aliphatic rings. The van der Waals surface area contributed by atoms with E-state index < -0.39 is 0 Å². The summed E-state index contributed by atoms with van der Waals surface area (Å²) in [4.78, 5) is 12.0. The summed E-state index contributed by atoms with van der Waals surface area (Å²) in [7, 11) is 0. The number of aromatic nitrogens is 5. The first-order valence-electron chi connectivity index (χ1n) is 8.79. The molecule has 7 nitrogen and oxygen atoms in total. The number of nitrogens with one attached hydrogen (secondary N) is 4. The van der Waals surface area contributed by atoms with Gasteiger partial charge in [-0.3, -0.25) is 5.10 Å². The van der Waals surface area contributed by atoms with Gasteiger partial charge in [-0.1, -0.05) is 6.07 Å². The molecule has 3 aromatic heterocycles. The number of hydrogen-bond acceptors (Lipinski definition) is 5. The van der Waals surface area contributed by atoms with Crippen LogP contribution in [0.4, 0.5) is 17.6 Å². The first-order chi connectivity index (χ1) is 12.8. The molecule has 5 rings (SSSR count). The molecule has 0 bridgehead atoms. The monoisotopic (exact) mass is 345 g/mol. The van der Waals surface area contributed by atoms with Gasteiger partial charge in [0, 0.05) is 42.1 Å². The van der Waals surface area contributed by atoms with Gasteiger partial charge in [-0.2, -0.15) is 10.1 Å². The van der Waals surface area contributed by atoms with E-state index in [1.807, 2.05) is 12.3 Å². The molecule has 0 radical (unpaired) electrons. The Morgan fingerprint density at radius 1 is 1.08 bits per heavy atom. The van der Waals surface area contributed by atoms with Crippen LogP contribution >= 0.6 is 0 Å². The van der Waals surface area contributed by atoms with Crippen molar-refractivity contribution in [2.24, 2.45) is 0 Å². The van der Waals surface area contributed by atoms with Gasteiger partial charge in [0.25, 0.3) is 0 Å². The molecule has 0 atom stereocenters. The zero-order valence-corrected chi connectivity index (χ0v) is 14.2. The van der Waals surface area contributed by atoms with Crippen LogP contribution < -0.4 is 10.6 Å². The van der Waals surface area contributed by atoms with Gasteiger partial charge in [-0.05, 0) is 48.1 Å². The Balaban J connectivity index is 1.26. The second-order valence-corrected chi connectivity index (χ2v) is 6.63. The van der Waals surface area contributed by atoms with Gasteiger partial charge in [0.2, 0.25) is 5.95 Å². The maximum Gasteiger partial charge on any atom is 0.224 e. The summed E-state index contributed by atoms with van der Waals surface area (Å²) in [6, 6.07) is 12.3. The molecule has 1 saturated carbocycles. The average molecular weight is 345 g/mol. The standard InChI is InChI=1S/C19H19N7/c1-4-15-14(5-7-20-15)9-12(1)11-22-19-21-8-6-17(24-19)23-18-10-16(25-26-18)13-2-3-13/h1,4-10,13,20H,2-3,11H2,(H3,21,22,23,24,25,26). The lowest BCUT2D eigenvalue weighted by atomic mass is 10.1. The molecule has 0 aliphatic heterocycles. The van der Waals surface area contributed by atoms with Gasteiger partial charge < -0.3 is 15.6 Å². The lowest BCUT2D eigenvalue weighted by Gasteiger charge is -2.07. The number of rotatable bonds is 6. The minimum atomic E-state index is 0.585. The molecule has 0 unspecified atom stereocenters. The maximum absolute atomic E-state index is 4.51. The Hall–Kier alpha value is -3.35. The van der Waals surface area contributed by atoms with Gasteiger partial charge in [0.15, 0.2) is 5.82 Å². The van der Waals surface area contributed by atoms with E-state index in [0.717, 1.165) is 17.2 Å². The highest BCUT2D eigenvalue weighted by atomic mass is 15.2. The second kappa shape index (κ2) is 6.18. The largest absolute Gasteiger partial charge is 0.361 e.